The van der Waals surface area contributed by atoms with Gasteiger partial charge < -0.3 is 5.32 Å². The van der Waals surface area contributed by atoms with E-state index in [1.54, 1.807) is 18.2 Å². The second-order valence-corrected chi connectivity index (χ2v) is 7.66. The van der Waals surface area contributed by atoms with Gasteiger partial charge in [-0.2, -0.15) is 5.26 Å². The smallest absolute Gasteiger partial charge is 0.238 e. The van der Waals surface area contributed by atoms with E-state index in [-0.39, 0.29) is 5.91 Å². The predicted octanol–water partition coefficient (Wildman–Crippen LogP) is 4.32. The summed E-state index contributed by atoms with van der Waals surface area (Å²) in [6.45, 7) is 1.54. The fraction of sp³-hybridized carbons (Fsp3) is 0.174. The Balaban J connectivity index is 1.48. The van der Waals surface area contributed by atoms with Gasteiger partial charge in [0.1, 0.15) is 5.92 Å². The van der Waals surface area contributed by atoms with E-state index < -0.39 is 5.92 Å². The Morgan fingerprint density at radius 3 is 2.52 bits per heavy atom. The number of rotatable bonds is 5. The van der Waals surface area contributed by atoms with E-state index >= 15 is 0 Å². The second-order valence-electron chi connectivity index (χ2n) is 7.23. The number of nitrogens with one attached hydrogen (secondary N) is 1. The summed E-state index contributed by atoms with van der Waals surface area (Å²) in [5, 5.41) is 12.8. The highest BCUT2D eigenvalue weighted by atomic mass is 35.5. The summed E-state index contributed by atoms with van der Waals surface area (Å²) in [7, 11) is 2.05. The van der Waals surface area contributed by atoms with Crippen LogP contribution in [0.3, 0.4) is 0 Å². The van der Waals surface area contributed by atoms with E-state index in [4.69, 9.17) is 16.9 Å². The Morgan fingerprint density at radius 1 is 1.10 bits per heavy atom. The van der Waals surface area contributed by atoms with Crippen LogP contribution in [0.4, 0.5) is 5.69 Å². The van der Waals surface area contributed by atoms with Gasteiger partial charge in [-0.05, 0) is 60.1 Å². The molecular weight excluding hydrogens is 384 g/mol. The molecule has 0 saturated heterocycles. The van der Waals surface area contributed by atoms with E-state index in [1.807, 2.05) is 49.6 Å². The highest BCUT2D eigenvalue weighted by Gasteiger charge is 2.33. The molecule has 0 bridgehead atoms. The molecule has 1 unspecified atom stereocenters. The van der Waals surface area contributed by atoms with Crippen molar-refractivity contribution in [2.45, 2.75) is 19.0 Å². The molecule has 0 aliphatic carbocycles. The zero-order chi connectivity index (χ0) is 20.4. The highest BCUT2D eigenvalue weighted by Crippen LogP contribution is 2.36. The van der Waals surface area contributed by atoms with Crippen molar-refractivity contribution < 1.29 is 4.79 Å². The Bertz CT molecular complexity index is 1090. The standard InChI is InChI=1S/C23H19ClN4O/c1-28(13-15-2-6-18(24)7-3-15)14-17-5-9-21(26-12-17)22-19-10-16(11-25)4-8-20(19)27-23(22)29/h2-10,12,22H,13-14H2,1H3,(H,27,29). The summed E-state index contributed by atoms with van der Waals surface area (Å²) >= 11 is 5.94. The number of carbonyl (C=O) groups excluding carboxylic acids is 1. The monoisotopic (exact) mass is 402 g/mol. The summed E-state index contributed by atoms with van der Waals surface area (Å²) in [6, 6.07) is 19.1. The molecule has 0 radical (unpaired) electrons. The molecular formula is C23H19ClN4O. The first-order valence-corrected chi connectivity index (χ1v) is 9.64. The van der Waals surface area contributed by atoms with Gasteiger partial charge in [0.25, 0.3) is 0 Å². The van der Waals surface area contributed by atoms with Crippen LogP contribution in [0.15, 0.2) is 60.8 Å². The van der Waals surface area contributed by atoms with E-state index in [0.29, 0.717) is 11.3 Å². The third kappa shape index (κ3) is 4.14. The van der Waals surface area contributed by atoms with Gasteiger partial charge in [0.15, 0.2) is 0 Å². The fourth-order valence-corrected chi connectivity index (χ4v) is 3.72. The largest absolute Gasteiger partial charge is 0.325 e. The molecule has 144 valence electrons. The van der Waals surface area contributed by atoms with Crippen LogP contribution in [0.25, 0.3) is 0 Å². The number of hydrogen-bond acceptors (Lipinski definition) is 4. The van der Waals surface area contributed by atoms with Crippen LogP contribution < -0.4 is 5.32 Å². The molecule has 1 aliphatic heterocycles. The van der Waals surface area contributed by atoms with Gasteiger partial charge in [0, 0.05) is 30.0 Å². The number of carbonyl (C=O) groups is 1. The Labute approximate surface area is 174 Å². The van der Waals surface area contributed by atoms with E-state index in [2.05, 4.69) is 21.3 Å². The maximum atomic E-state index is 12.5. The topological polar surface area (TPSA) is 69.0 Å². The first-order chi connectivity index (χ1) is 14.0. The lowest BCUT2D eigenvalue weighted by molar-refractivity contribution is -0.116. The first kappa shape index (κ1) is 19.1. The highest BCUT2D eigenvalue weighted by molar-refractivity contribution is 6.30. The minimum atomic E-state index is -0.487. The maximum absolute atomic E-state index is 12.5. The van der Waals surface area contributed by atoms with Crippen LogP contribution in [0.2, 0.25) is 5.02 Å². The minimum absolute atomic E-state index is 0.116. The molecule has 1 aliphatic rings. The van der Waals surface area contributed by atoms with Crippen LogP contribution >= 0.6 is 11.6 Å². The Morgan fingerprint density at radius 2 is 1.83 bits per heavy atom. The fourth-order valence-electron chi connectivity index (χ4n) is 3.59. The number of anilines is 1. The maximum Gasteiger partial charge on any atom is 0.238 e. The van der Waals surface area contributed by atoms with Gasteiger partial charge in [-0.15, -0.1) is 0 Å². The van der Waals surface area contributed by atoms with Crippen LogP contribution in [0, 0.1) is 11.3 Å². The third-order valence-electron chi connectivity index (χ3n) is 4.97. The molecule has 0 saturated carbocycles. The number of hydrogen-bond donors (Lipinski definition) is 1. The van der Waals surface area contributed by atoms with Crippen molar-refractivity contribution in [2.75, 3.05) is 12.4 Å². The molecule has 2 aromatic carbocycles. The van der Waals surface area contributed by atoms with Crippen molar-refractivity contribution in [1.29, 1.82) is 5.26 Å². The molecule has 3 aromatic rings. The summed E-state index contributed by atoms with van der Waals surface area (Å²) < 4.78 is 0. The summed E-state index contributed by atoms with van der Waals surface area (Å²) in [4.78, 5) is 19.2. The summed E-state index contributed by atoms with van der Waals surface area (Å²) in [5.41, 5.74) is 5.01. The van der Waals surface area contributed by atoms with Gasteiger partial charge in [0.2, 0.25) is 5.91 Å². The van der Waals surface area contributed by atoms with Gasteiger partial charge >= 0.3 is 0 Å². The molecule has 0 spiro atoms. The molecule has 0 fully saturated rings. The minimum Gasteiger partial charge on any atom is -0.325 e. The molecule has 2 heterocycles. The van der Waals surface area contributed by atoms with Gasteiger partial charge in [-0.1, -0.05) is 29.8 Å². The second kappa shape index (κ2) is 8.04. The van der Waals surface area contributed by atoms with Crippen LogP contribution in [0.1, 0.15) is 33.9 Å². The quantitative estimate of drug-likeness (QED) is 0.689. The van der Waals surface area contributed by atoms with Crippen molar-refractivity contribution in [3.8, 4) is 6.07 Å². The average Bonchev–Trinajstić information content (AvgIpc) is 3.05. The molecule has 5 nitrogen and oxygen atoms in total. The van der Waals surface area contributed by atoms with Crippen LogP contribution in [0.5, 0.6) is 0 Å². The van der Waals surface area contributed by atoms with Gasteiger partial charge in [0.05, 0.1) is 17.3 Å². The lowest BCUT2D eigenvalue weighted by atomic mass is 9.95. The van der Waals surface area contributed by atoms with E-state index in [0.717, 1.165) is 34.9 Å². The zero-order valence-electron chi connectivity index (χ0n) is 15.9. The molecule has 1 N–H and O–H groups in total. The van der Waals surface area contributed by atoms with E-state index in [1.165, 1.54) is 5.56 Å². The third-order valence-corrected chi connectivity index (χ3v) is 5.23. The normalized spacial score (nSPS) is 15.1. The van der Waals surface area contributed by atoms with Crippen LogP contribution in [-0.4, -0.2) is 22.8 Å². The Kier molecular flexibility index (Phi) is 5.30. The average molecular weight is 403 g/mol. The molecule has 1 atom stereocenters. The molecule has 1 amide bonds. The molecule has 6 heteroatoms. The summed E-state index contributed by atoms with van der Waals surface area (Å²) in [5.74, 6) is -0.602. The van der Waals surface area contributed by atoms with Crippen LogP contribution in [-0.2, 0) is 17.9 Å². The zero-order valence-corrected chi connectivity index (χ0v) is 16.6. The number of fused-ring (bicyclic) bond motifs is 1. The number of halogens is 1. The molecule has 4 rings (SSSR count). The predicted molar refractivity (Wildman–Crippen MR) is 112 cm³/mol. The lowest BCUT2D eigenvalue weighted by Gasteiger charge is -2.17. The van der Waals surface area contributed by atoms with E-state index in [9.17, 15) is 4.79 Å². The molecule has 1 aromatic heterocycles. The van der Waals surface area contributed by atoms with Crippen molar-refractivity contribution in [2.24, 2.45) is 0 Å². The van der Waals surface area contributed by atoms with Crippen molar-refractivity contribution >= 4 is 23.2 Å². The first-order valence-electron chi connectivity index (χ1n) is 9.26. The number of benzene rings is 2. The van der Waals surface area contributed by atoms with Crippen molar-refractivity contribution in [1.82, 2.24) is 9.88 Å². The SMILES string of the molecule is CN(Cc1ccc(Cl)cc1)Cc1ccc(C2C(=O)Nc3ccc(C#N)cc32)nc1. The molecule has 29 heavy (non-hydrogen) atoms. The van der Waals surface area contributed by atoms with Gasteiger partial charge in [-0.25, -0.2) is 0 Å². The number of nitriles is 1. The summed E-state index contributed by atoms with van der Waals surface area (Å²) in [6.07, 6.45) is 1.81. The number of nitrogens with zero attached hydrogens (tertiary/aromatic N) is 3. The van der Waals surface area contributed by atoms with Crippen molar-refractivity contribution in [3.05, 3.63) is 93.8 Å². The number of pyridine rings is 1. The lowest BCUT2D eigenvalue weighted by Crippen LogP contribution is -2.18. The van der Waals surface area contributed by atoms with Gasteiger partial charge in [-0.3, -0.25) is 14.7 Å². The number of aromatic nitrogens is 1. The Hall–Kier alpha value is -3.20. The van der Waals surface area contributed by atoms with Crippen molar-refractivity contribution in [3.63, 3.8) is 0 Å². The number of amides is 1.